The Morgan fingerprint density at radius 1 is 1.62 bits per heavy atom. The van der Waals surface area contributed by atoms with Crippen molar-refractivity contribution in [3.63, 3.8) is 0 Å². The van der Waals surface area contributed by atoms with Crippen LogP contribution in [0, 0.1) is 0 Å². The minimum atomic E-state index is -0.0498. The molecule has 0 spiro atoms. The molecule has 86 valence electrons. The highest BCUT2D eigenvalue weighted by atomic mass is 35.5. The van der Waals surface area contributed by atoms with Crippen molar-refractivity contribution < 1.29 is 4.79 Å². The van der Waals surface area contributed by atoms with Crippen molar-refractivity contribution in [2.75, 3.05) is 12.9 Å². The molecule has 0 aliphatic heterocycles. The number of carbonyl (C=O) groups excluding carboxylic acids is 1. The van der Waals surface area contributed by atoms with Gasteiger partial charge in [-0.05, 0) is 17.5 Å². The van der Waals surface area contributed by atoms with Gasteiger partial charge in [-0.25, -0.2) is 0 Å². The molecule has 2 rings (SSSR count). The fourth-order valence-electron chi connectivity index (χ4n) is 1.69. The van der Waals surface area contributed by atoms with Gasteiger partial charge in [0.25, 0.3) is 0 Å². The maximum absolute atomic E-state index is 11.4. The van der Waals surface area contributed by atoms with Gasteiger partial charge in [-0.15, -0.1) is 22.9 Å². The van der Waals surface area contributed by atoms with Gasteiger partial charge in [0.1, 0.15) is 5.88 Å². The molecule has 2 aromatic rings. The normalized spacial score (nSPS) is 10.9. The average molecular weight is 257 g/mol. The van der Waals surface area contributed by atoms with E-state index >= 15 is 0 Å². The Bertz CT molecular complexity index is 517. The van der Waals surface area contributed by atoms with Crippen molar-refractivity contribution >= 4 is 39.1 Å². The lowest BCUT2D eigenvalue weighted by molar-refractivity contribution is -0.127. The van der Waals surface area contributed by atoms with Gasteiger partial charge in [0.2, 0.25) is 5.91 Å². The number of halogens is 1. The van der Waals surface area contributed by atoms with E-state index in [1.54, 1.807) is 23.3 Å². The summed E-state index contributed by atoms with van der Waals surface area (Å²) in [5.74, 6) is -0.0128. The van der Waals surface area contributed by atoms with E-state index in [4.69, 9.17) is 11.6 Å². The summed E-state index contributed by atoms with van der Waals surface area (Å²) in [4.78, 5) is 13.0. The third kappa shape index (κ3) is 1.95. The molecule has 0 N–H and O–H groups in total. The van der Waals surface area contributed by atoms with Crippen LogP contribution in [0.3, 0.4) is 0 Å². The first-order valence-corrected chi connectivity index (χ1v) is 6.36. The molecular weight excluding hydrogens is 244 g/mol. The number of hydrogen-bond donors (Lipinski definition) is 0. The molecular formula is C11H13ClN2OS. The summed E-state index contributed by atoms with van der Waals surface area (Å²) in [6.07, 6.45) is 0. The van der Waals surface area contributed by atoms with E-state index in [0.717, 1.165) is 5.69 Å². The predicted molar refractivity (Wildman–Crippen MR) is 68.0 cm³/mol. The molecule has 0 fully saturated rings. The van der Waals surface area contributed by atoms with Crippen LogP contribution in [0.5, 0.6) is 0 Å². The lowest BCUT2D eigenvalue weighted by Gasteiger charge is -2.16. The summed E-state index contributed by atoms with van der Waals surface area (Å²) in [6, 6.07) is 4.21. The van der Waals surface area contributed by atoms with Gasteiger partial charge in [0.05, 0.1) is 16.8 Å². The molecule has 16 heavy (non-hydrogen) atoms. The predicted octanol–water partition coefficient (Wildman–Crippen LogP) is 2.44. The van der Waals surface area contributed by atoms with Gasteiger partial charge in [-0.1, -0.05) is 0 Å². The van der Waals surface area contributed by atoms with E-state index in [2.05, 4.69) is 22.1 Å². The third-order valence-corrected chi connectivity index (χ3v) is 3.78. The summed E-state index contributed by atoms with van der Waals surface area (Å²) in [6.45, 7) is 0.601. The van der Waals surface area contributed by atoms with Crippen molar-refractivity contribution in [2.45, 2.75) is 6.54 Å². The van der Waals surface area contributed by atoms with Crippen molar-refractivity contribution in [1.29, 1.82) is 0 Å². The number of amides is 1. The van der Waals surface area contributed by atoms with Crippen LogP contribution in [0.25, 0.3) is 10.2 Å². The lowest BCUT2D eigenvalue weighted by atomic mass is 10.4. The van der Waals surface area contributed by atoms with E-state index < -0.39 is 0 Å². The molecule has 0 aliphatic rings. The molecule has 0 unspecified atom stereocenters. The Morgan fingerprint density at radius 3 is 3.00 bits per heavy atom. The Kier molecular flexibility index (Phi) is 3.21. The largest absolute Gasteiger partial charge is 0.345 e. The number of fused-ring (bicyclic) bond motifs is 1. The second kappa shape index (κ2) is 4.47. The van der Waals surface area contributed by atoms with Gasteiger partial charge in [-0.3, -0.25) is 4.79 Å². The molecule has 1 amide bonds. The lowest BCUT2D eigenvalue weighted by Crippen LogP contribution is -2.27. The van der Waals surface area contributed by atoms with Crippen LogP contribution in [0.1, 0.15) is 5.69 Å². The van der Waals surface area contributed by atoms with Gasteiger partial charge in [0, 0.05) is 19.8 Å². The standard InChI is InChI=1S/C11H13ClN2OS/c1-13(11(15)6-12)7-8-5-10-9(14(8)2)3-4-16-10/h3-5H,6-7H2,1-2H3. The Labute approximate surface area is 103 Å². The summed E-state index contributed by atoms with van der Waals surface area (Å²) >= 11 is 7.23. The van der Waals surface area contributed by atoms with Crippen LogP contribution < -0.4 is 0 Å². The number of nitrogens with zero attached hydrogens (tertiary/aromatic N) is 2. The molecule has 0 aliphatic carbocycles. The molecule has 3 nitrogen and oxygen atoms in total. The Morgan fingerprint density at radius 2 is 2.38 bits per heavy atom. The van der Waals surface area contributed by atoms with Crippen LogP contribution in [0.2, 0.25) is 0 Å². The molecule has 0 bridgehead atoms. The molecule has 5 heteroatoms. The van der Waals surface area contributed by atoms with E-state index in [1.165, 1.54) is 10.2 Å². The van der Waals surface area contributed by atoms with Crippen molar-refractivity contribution in [2.24, 2.45) is 7.05 Å². The highest BCUT2D eigenvalue weighted by molar-refractivity contribution is 7.17. The zero-order valence-corrected chi connectivity index (χ0v) is 10.8. The highest BCUT2D eigenvalue weighted by Crippen LogP contribution is 2.24. The minimum Gasteiger partial charge on any atom is -0.345 e. The fourth-order valence-corrected chi connectivity index (χ4v) is 2.76. The second-order valence-electron chi connectivity index (χ2n) is 3.75. The number of carbonyl (C=O) groups is 1. The monoisotopic (exact) mass is 256 g/mol. The zero-order chi connectivity index (χ0) is 11.7. The Balaban J connectivity index is 2.24. The fraction of sp³-hybridized carbons (Fsp3) is 0.364. The number of thiophene rings is 1. The molecule has 0 saturated carbocycles. The first kappa shape index (κ1) is 11.5. The maximum Gasteiger partial charge on any atom is 0.237 e. The van der Waals surface area contributed by atoms with Crippen molar-refractivity contribution in [3.05, 3.63) is 23.2 Å². The summed E-state index contributed by atoms with van der Waals surface area (Å²) in [5.41, 5.74) is 2.34. The van der Waals surface area contributed by atoms with Crippen molar-refractivity contribution in [3.8, 4) is 0 Å². The molecule has 0 atom stereocenters. The van der Waals surface area contributed by atoms with E-state index in [9.17, 15) is 4.79 Å². The first-order valence-electron chi connectivity index (χ1n) is 4.95. The van der Waals surface area contributed by atoms with Crippen LogP contribution in [-0.4, -0.2) is 28.3 Å². The quantitative estimate of drug-likeness (QED) is 0.775. The van der Waals surface area contributed by atoms with E-state index in [-0.39, 0.29) is 11.8 Å². The summed E-state index contributed by atoms with van der Waals surface area (Å²) < 4.78 is 3.37. The van der Waals surface area contributed by atoms with Gasteiger partial charge < -0.3 is 9.47 Å². The number of hydrogen-bond acceptors (Lipinski definition) is 2. The van der Waals surface area contributed by atoms with E-state index in [1.807, 2.05) is 7.05 Å². The van der Waals surface area contributed by atoms with Crippen LogP contribution in [-0.2, 0) is 18.4 Å². The molecule has 0 saturated heterocycles. The van der Waals surface area contributed by atoms with Gasteiger partial charge in [0.15, 0.2) is 0 Å². The molecule has 2 aromatic heterocycles. The SMILES string of the molecule is CN(Cc1cc2sccc2n1C)C(=O)CCl. The topological polar surface area (TPSA) is 25.2 Å². The Hall–Kier alpha value is -1.00. The maximum atomic E-state index is 11.4. The smallest absolute Gasteiger partial charge is 0.237 e. The van der Waals surface area contributed by atoms with Crippen LogP contribution in [0.15, 0.2) is 17.5 Å². The van der Waals surface area contributed by atoms with Gasteiger partial charge >= 0.3 is 0 Å². The number of aryl methyl sites for hydroxylation is 1. The van der Waals surface area contributed by atoms with Crippen LogP contribution >= 0.6 is 22.9 Å². The number of aromatic nitrogens is 1. The summed E-state index contributed by atoms with van der Waals surface area (Å²) in [5, 5.41) is 2.07. The average Bonchev–Trinajstić information content (AvgIpc) is 2.82. The summed E-state index contributed by atoms with van der Waals surface area (Å²) in [7, 11) is 3.79. The van der Waals surface area contributed by atoms with Gasteiger partial charge in [-0.2, -0.15) is 0 Å². The number of rotatable bonds is 3. The second-order valence-corrected chi connectivity index (χ2v) is 4.96. The zero-order valence-electron chi connectivity index (χ0n) is 9.24. The third-order valence-electron chi connectivity index (χ3n) is 2.70. The molecule has 0 radical (unpaired) electrons. The van der Waals surface area contributed by atoms with Crippen molar-refractivity contribution in [1.82, 2.24) is 9.47 Å². The molecule has 0 aromatic carbocycles. The minimum absolute atomic E-state index is 0.0370. The van der Waals surface area contributed by atoms with E-state index in [0.29, 0.717) is 6.54 Å². The highest BCUT2D eigenvalue weighted by Gasteiger charge is 2.12. The first-order chi connectivity index (χ1) is 7.63. The number of alkyl halides is 1. The van der Waals surface area contributed by atoms with Crippen LogP contribution in [0.4, 0.5) is 0 Å². The molecule has 2 heterocycles.